The number of rotatable bonds is 3. The van der Waals surface area contributed by atoms with Crippen LogP contribution in [-0.4, -0.2) is 42.0 Å². The number of likely N-dealkylation sites (tertiary alicyclic amines) is 1. The normalized spacial score (nSPS) is 20.1. The summed E-state index contributed by atoms with van der Waals surface area (Å²) < 4.78 is 0. The Balaban J connectivity index is 2.05. The third kappa shape index (κ3) is 3.65. The number of carbonyl (C=O) groups excluding carboxylic acids is 1. The molecule has 2 heterocycles. The molecule has 0 bridgehead atoms. The van der Waals surface area contributed by atoms with E-state index in [1.165, 1.54) is 0 Å². The molecule has 104 valence electrons. The third-order valence-corrected chi connectivity index (χ3v) is 3.32. The van der Waals surface area contributed by atoms with Gasteiger partial charge in [-0.15, -0.1) is 0 Å². The zero-order chi connectivity index (χ0) is 13.8. The second-order valence-corrected chi connectivity index (χ2v) is 5.10. The average Bonchev–Trinajstić information content (AvgIpc) is 2.38. The number of piperidine rings is 1. The maximum atomic E-state index is 12.2. The fourth-order valence-electron chi connectivity index (χ4n) is 2.43. The van der Waals surface area contributed by atoms with Crippen molar-refractivity contribution in [2.45, 2.75) is 25.8 Å². The molecule has 0 aromatic carbocycles. The van der Waals surface area contributed by atoms with Crippen LogP contribution in [0.15, 0.2) is 12.1 Å². The summed E-state index contributed by atoms with van der Waals surface area (Å²) in [6, 6.07) is 3.64. The molecule has 0 radical (unpaired) electrons. The molecule has 19 heavy (non-hydrogen) atoms. The van der Waals surface area contributed by atoms with Gasteiger partial charge < -0.3 is 15.6 Å². The number of likely N-dealkylation sites (N-methyl/N-ethyl adjacent to an activating group) is 1. The smallest absolute Gasteiger partial charge is 0.251 e. The van der Waals surface area contributed by atoms with E-state index in [1.807, 2.05) is 6.92 Å². The lowest BCUT2D eigenvalue weighted by Crippen LogP contribution is -2.46. The van der Waals surface area contributed by atoms with Crippen molar-refractivity contribution >= 4 is 11.7 Å². The predicted octanol–water partition coefficient (Wildman–Crippen LogP) is 0.500. The minimum absolute atomic E-state index is 0.0673. The average molecular weight is 263 g/mol. The van der Waals surface area contributed by atoms with Crippen molar-refractivity contribution in [2.75, 3.05) is 25.6 Å². The van der Waals surface area contributed by atoms with Gasteiger partial charge in [0.2, 0.25) is 0 Å². The van der Waals surface area contributed by atoms with Gasteiger partial charge in [0.15, 0.2) is 0 Å². The summed E-state index contributed by atoms with van der Waals surface area (Å²) in [4.78, 5) is 18.6. The largest absolute Gasteiger partial charge is 0.348 e. The highest BCUT2D eigenvalue weighted by Gasteiger charge is 2.19. The number of anilines is 1. The minimum atomic E-state index is -0.0673. The molecule has 0 spiro atoms. The van der Waals surface area contributed by atoms with Crippen LogP contribution in [0.25, 0.3) is 0 Å². The zero-order valence-corrected chi connectivity index (χ0v) is 11.4. The molecule has 6 nitrogen and oxygen atoms in total. The Hall–Kier alpha value is -1.66. The summed E-state index contributed by atoms with van der Waals surface area (Å²) in [6.45, 7) is 3.84. The summed E-state index contributed by atoms with van der Waals surface area (Å²) in [7, 11) is 2.07. The monoisotopic (exact) mass is 263 g/mol. The van der Waals surface area contributed by atoms with Gasteiger partial charge in [-0.3, -0.25) is 4.79 Å². The maximum absolute atomic E-state index is 12.2. The van der Waals surface area contributed by atoms with E-state index in [0.717, 1.165) is 31.6 Å². The van der Waals surface area contributed by atoms with Crippen molar-refractivity contribution in [3.8, 4) is 0 Å². The van der Waals surface area contributed by atoms with Gasteiger partial charge in [0.05, 0.1) is 0 Å². The summed E-state index contributed by atoms with van der Waals surface area (Å²) in [5.74, 6) is 5.78. The van der Waals surface area contributed by atoms with E-state index in [9.17, 15) is 4.79 Å². The van der Waals surface area contributed by atoms with Crippen molar-refractivity contribution in [1.82, 2.24) is 15.2 Å². The molecule has 1 saturated heterocycles. The van der Waals surface area contributed by atoms with E-state index in [0.29, 0.717) is 11.4 Å². The number of pyridine rings is 1. The molecule has 1 aromatic rings. The van der Waals surface area contributed by atoms with Crippen LogP contribution in [0.5, 0.6) is 0 Å². The Morgan fingerprint density at radius 1 is 1.53 bits per heavy atom. The van der Waals surface area contributed by atoms with E-state index in [1.54, 1.807) is 12.1 Å². The van der Waals surface area contributed by atoms with Crippen LogP contribution in [0.1, 0.15) is 28.9 Å². The number of hydrogen-bond donors (Lipinski definition) is 3. The van der Waals surface area contributed by atoms with Crippen molar-refractivity contribution in [2.24, 2.45) is 5.84 Å². The molecule has 1 fully saturated rings. The van der Waals surface area contributed by atoms with Gasteiger partial charge in [-0.2, -0.15) is 0 Å². The number of aryl methyl sites for hydroxylation is 1. The minimum Gasteiger partial charge on any atom is -0.348 e. The second kappa shape index (κ2) is 5.99. The molecule has 1 aliphatic rings. The Morgan fingerprint density at radius 2 is 2.32 bits per heavy atom. The highest BCUT2D eigenvalue weighted by atomic mass is 16.1. The van der Waals surface area contributed by atoms with Crippen molar-refractivity contribution in [3.05, 3.63) is 23.4 Å². The van der Waals surface area contributed by atoms with Gasteiger partial charge in [-0.1, -0.05) is 0 Å². The molecular formula is C13H21N5O. The lowest BCUT2D eigenvalue weighted by atomic mass is 10.1. The molecule has 1 amide bonds. The number of nitrogen functional groups attached to an aromatic ring is 1. The number of hydrogen-bond acceptors (Lipinski definition) is 5. The topological polar surface area (TPSA) is 83.3 Å². The summed E-state index contributed by atoms with van der Waals surface area (Å²) in [5, 5.41) is 3.07. The standard InChI is InChI=1S/C13H21N5O/c1-9-6-10(7-12(15-9)17-14)13(19)16-11-4-3-5-18(2)8-11/h6-7,11H,3-5,8,14H2,1-2H3,(H,15,17)(H,16,19). The van der Waals surface area contributed by atoms with E-state index in [2.05, 4.69) is 27.7 Å². The molecule has 0 aliphatic carbocycles. The Kier molecular flexibility index (Phi) is 4.34. The number of nitrogens with one attached hydrogen (secondary N) is 2. The predicted molar refractivity (Wildman–Crippen MR) is 74.8 cm³/mol. The van der Waals surface area contributed by atoms with Crippen LogP contribution >= 0.6 is 0 Å². The van der Waals surface area contributed by atoms with Crippen LogP contribution in [0, 0.1) is 6.92 Å². The molecule has 1 aromatic heterocycles. The quantitative estimate of drug-likeness (QED) is 0.546. The van der Waals surface area contributed by atoms with Crippen LogP contribution in [-0.2, 0) is 0 Å². The van der Waals surface area contributed by atoms with E-state index in [-0.39, 0.29) is 11.9 Å². The SMILES string of the molecule is Cc1cc(C(=O)NC2CCCN(C)C2)cc(NN)n1. The van der Waals surface area contributed by atoms with Gasteiger partial charge in [-0.25, -0.2) is 10.8 Å². The first-order valence-corrected chi connectivity index (χ1v) is 6.53. The number of hydrazine groups is 1. The number of nitrogens with two attached hydrogens (primary N) is 1. The van der Waals surface area contributed by atoms with E-state index in [4.69, 9.17) is 5.84 Å². The highest BCUT2D eigenvalue weighted by Crippen LogP contribution is 2.12. The molecular weight excluding hydrogens is 242 g/mol. The highest BCUT2D eigenvalue weighted by molar-refractivity contribution is 5.95. The molecule has 1 atom stereocenters. The Labute approximate surface area is 113 Å². The van der Waals surface area contributed by atoms with Gasteiger partial charge in [-0.05, 0) is 45.5 Å². The van der Waals surface area contributed by atoms with E-state index < -0.39 is 0 Å². The van der Waals surface area contributed by atoms with Gasteiger partial charge >= 0.3 is 0 Å². The summed E-state index contributed by atoms with van der Waals surface area (Å²) in [6.07, 6.45) is 2.15. The fraction of sp³-hybridized carbons (Fsp3) is 0.538. The van der Waals surface area contributed by atoms with Crippen molar-refractivity contribution in [3.63, 3.8) is 0 Å². The molecule has 1 unspecified atom stereocenters. The summed E-state index contributed by atoms with van der Waals surface area (Å²) >= 11 is 0. The number of amides is 1. The number of nitrogens with zero attached hydrogens (tertiary/aromatic N) is 2. The van der Waals surface area contributed by atoms with Crippen LogP contribution in [0.2, 0.25) is 0 Å². The molecule has 4 N–H and O–H groups in total. The van der Waals surface area contributed by atoms with Crippen molar-refractivity contribution in [1.29, 1.82) is 0 Å². The van der Waals surface area contributed by atoms with Gasteiger partial charge in [0, 0.05) is 23.8 Å². The van der Waals surface area contributed by atoms with Gasteiger partial charge in [0.25, 0.3) is 5.91 Å². The lowest BCUT2D eigenvalue weighted by molar-refractivity contribution is 0.0912. The fourth-order valence-corrected chi connectivity index (χ4v) is 2.43. The first kappa shape index (κ1) is 13.8. The molecule has 2 rings (SSSR count). The van der Waals surface area contributed by atoms with Crippen LogP contribution in [0.3, 0.4) is 0 Å². The second-order valence-electron chi connectivity index (χ2n) is 5.10. The number of aromatic nitrogens is 1. The first-order valence-electron chi connectivity index (χ1n) is 6.53. The van der Waals surface area contributed by atoms with Crippen LogP contribution in [0.4, 0.5) is 5.82 Å². The Bertz CT molecular complexity index is 462. The summed E-state index contributed by atoms with van der Waals surface area (Å²) in [5.41, 5.74) is 3.83. The molecule has 1 aliphatic heterocycles. The lowest BCUT2D eigenvalue weighted by Gasteiger charge is -2.30. The zero-order valence-electron chi connectivity index (χ0n) is 11.4. The van der Waals surface area contributed by atoms with E-state index >= 15 is 0 Å². The molecule has 0 saturated carbocycles. The Morgan fingerprint density at radius 3 is 3.00 bits per heavy atom. The van der Waals surface area contributed by atoms with Crippen molar-refractivity contribution < 1.29 is 4.79 Å². The third-order valence-electron chi connectivity index (χ3n) is 3.32. The first-order chi connectivity index (χ1) is 9.08. The molecule has 6 heteroatoms. The maximum Gasteiger partial charge on any atom is 0.251 e. The van der Waals surface area contributed by atoms with Crippen LogP contribution < -0.4 is 16.6 Å². The van der Waals surface area contributed by atoms with Gasteiger partial charge in [0.1, 0.15) is 5.82 Å². The number of carbonyl (C=O) groups is 1.